The van der Waals surface area contributed by atoms with Crippen molar-refractivity contribution in [2.75, 3.05) is 13.4 Å². The molecule has 0 aliphatic carbocycles. The minimum atomic E-state index is -3.57. The van der Waals surface area contributed by atoms with Crippen molar-refractivity contribution in [3.8, 4) is 5.75 Å². The zero-order valence-electron chi connectivity index (χ0n) is 14.6. The number of thiophene rings is 1. The molecule has 0 saturated heterocycles. The smallest absolute Gasteiger partial charge is 0.247 e. The second kappa shape index (κ2) is 6.78. The van der Waals surface area contributed by atoms with Crippen molar-refractivity contribution >= 4 is 49.6 Å². The first-order valence-electron chi connectivity index (χ1n) is 8.12. The van der Waals surface area contributed by atoms with Gasteiger partial charge >= 0.3 is 0 Å². The fourth-order valence-corrected chi connectivity index (χ4v) is 5.06. The summed E-state index contributed by atoms with van der Waals surface area (Å²) in [4.78, 5) is 5.41. The van der Waals surface area contributed by atoms with Crippen LogP contribution in [0.15, 0.2) is 46.9 Å². The first kappa shape index (κ1) is 18.2. The van der Waals surface area contributed by atoms with E-state index in [2.05, 4.69) is 10.1 Å². The molecule has 3 heterocycles. The van der Waals surface area contributed by atoms with Crippen LogP contribution < -0.4 is 4.74 Å². The Morgan fingerprint density at radius 3 is 2.78 bits per heavy atom. The predicted molar refractivity (Wildman–Crippen MR) is 108 cm³/mol. The van der Waals surface area contributed by atoms with Gasteiger partial charge in [0.2, 0.25) is 10.0 Å². The van der Waals surface area contributed by atoms with Gasteiger partial charge in [-0.15, -0.1) is 11.3 Å². The second-order valence-electron chi connectivity index (χ2n) is 6.18. The molecule has 1 aliphatic heterocycles. The Kier molecular flexibility index (Phi) is 4.57. The van der Waals surface area contributed by atoms with Gasteiger partial charge in [0.1, 0.15) is 16.4 Å². The number of methoxy groups -OCH3 is 1. The van der Waals surface area contributed by atoms with Gasteiger partial charge in [-0.1, -0.05) is 29.8 Å². The van der Waals surface area contributed by atoms with Crippen molar-refractivity contribution < 1.29 is 13.2 Å². The molecule has 9 heteroatoms. The van der Waals surface area contributed by atoms with Gasteiger partial charge in [0.15, 0.2) is 0 Å². The van der Waals surface area contributed by atoms with E-state index in [1.807, 2.05) is 41.8 Å². The molecule has 3 aromatic rings. The Morgan fingerprint density at radius 1 is 1.30 bits per heavy atom. The monoisotopic (exact) mass is 421 g/mol. The Labute approximate surface area is 166 Å². The highest BCUT2D eigenvalue weighted by Gasteiger charge is 2.36. The van der Waals surface area contributed by atoms with Gasteiger partial charge in [-0.3, -0.25) is 0 Å². The summed E-state index contributed by atoms with van der Waals surface area (Å²) in [6.07, 6.45) is 1.58. The van der Waals surface area contributed by atoms with Crippen molar-refractivity contribution in [1.29, 1.82) is 0 Å². The number of nitrogens with zero attached hydrogens (tertiary/aromatic N) is 3. The maximum absolute atomic E-state index is 12.3. The van der Waals surface area contributed by atoms with Gasteiger partial charge < -0.3 is 4.74 Å². The molecule has 0 spiro atoms. The van der Waals surface area contributed by atoms with Crippen molar-refractivity contribution in [1.82, 2.24) is 9.40 Å². The maximum Gasteiger partial charge on any atom is 0.247 e. The number of rotatable bonds is 4. The number of hydrogen-bond acceptors (Lipinski definition) is 6. The molecule has 0 unspecified atom stereocenters. The lowest BCUT2D eigenvalue weighted by atomic mass is 10.0. The fraction of sp³-hybridized carbons (Fsp3) is 0.222. The van der Waals surface area contributed by atoms with Crippen molar-refractivity contribution in [2.24, 2.45) is 5.10 Å². The number of hydrogen-bond donors (Lipinski definition) is 0. The molecule has 1 aromatic carbocycles. The van der Waals surface area contributed by atoms with Crippen LogP contribution in [-0.4, -0.2) is 36.9 Å². The number of pyridine rings is 1. The van der Waals surface area contributed by atoms with E-state index in [4.69, 9.17) is 16.3 Å². The Balaban J connectivity index is 1.83. The lowest BCUT2D eigenvalue weighted by Gasteiger charge is -2.22. The minimum Gasteiger partial charge on any atom is -0.494 e. The van der Waals surface area contributed by atoms with E-state index in [1.54, 1.807) is 7.11 Å². The summed E-state index contributed by atoms with van der Waals surface area (Å²) in [6, 6.07) is 10.7. The van der Waals surface area contributed by atoms with Crippen LogP contribution in [-0.2, 0) is 10.0 Å². The molecule has 0 radical (unpaired) electrons. The second-order valence-corrected chi connectivity index (χ2v) is 9.33. The van der Waals surface area contributed by atoms with Crippen molar-refractivity contribution in [3.63, 3.8) is 0 Å². The third-order valence-electron chi connectivity index (χ3n) is 4.39. The molecule has 1 aliphatic rings. The highest BCUT2D eigenvalue weighted by Crippen LogP contribution is 2.39. The Hall–Kier alpha value is -2.16. The quantitative estimate of drug-likeness (QED) is 0.595. The number of aromatic nitrogens is 1. The summed E-state index contributed by atoms with van der Waals surface area (Å²) < 4.78 is 31.2. The van der Waals surface area contributed by atoms with Gasteiger partial charge in [-0.2, -0.15) is 9.52 Å². The number of benzene rings is 1. The molecular formula is C18H16ClN3O3S2. The lowest BCUT2D eigenvalue weighted by Crippen LogP contribution is -2.26. The number of sulfonamides is 1. The molecular weight excluding hydrogens is 406 g/mol. The molecule has 1 atom stereocenters. The Morgan fingerprint density at radius 2 is 2.11 bits per heavy atom. The van der Waals surface area contributed by atoms with Crippen LogP contribution in [0.1, 0.15) is 22.9 Å². The standard InChI is InChI=1S/C18H16ClN3O3S2/c1-25-15-6-3-5-11-9-12(18(19)20-17(11)15)14-10-13(16-7-4-8-26-16)21-22(14)27(2,23)24/h3-9,14H,10H2,1-2H3/t14-/m0/s1. The molecule has 0 fully saturated rings. The van der Waals surface area contributed by atoms with E-state index in [1.165, 1.54) is 11.3 Å². The normalized spacial score (nSPS) is 17.4. The molecule has 140 valence electrons. The molecule has 4 rings (SSSR count). The van der Waals surface area contributed by atoms with Gasteiger partial charge in [0.05, 0.1) is 30.0 Å². The summed E-state index contributed by atoms with van der Waals surface area (Å²) in [5, 5.41) is 7.38. The van der Waals surface area contributed by atoms with Gasteiger partial charge in [0.25, 0.3) is 0 Å². The number of ether oxygens (including phenoxy) is 1. The number of para-hydroxylation sites is 1. The molecule has 0 amide bonds. The third kappa shape index (κ3) is 3.28. The largest absolute Gasteiger partial charge is 0.494 e. The van der Waals surface area contributed by atoms with Crippen LogP contribution in [0.25, 0.3) is 10.9 Å². The van der Waals surface area contributed by atoms with E-state index in [9.17, 15) is 8.42 Å². The van der Waals surface area contributed by atoms with Gasteiger partial charge in [-0.25, -0.2) is 13.4 Å². The molecule has 0 bridgehead atoms. The minimum absolute atomic E-state index is 0.244. The third-order valence-corrected chi connectivity index (χ3v) is 6.62. The summed E-state index contributed by atoms with van der Waals surface area (Å²) in [5.74, 6) is 0.614. The van der Waals surface area contributed by atoms with E-state index in [0.717, 1.165) is 26.6 Å². The predicted octanol–water partition coefficient (Wildman–Crippen LogP) is 4.07. The van der Waals surface area contributed by atoms with Crippen LogP contribution in [0.5, 0.6) is 5.75 Å². The van der Waals surface area contributed by atoms with Crippen LogP contribution in [0.4, 0.5) is 0 Å². The number of halogens is 1. The summed E-state index contributed by atoms with van der Waals surface area (Å²) >= 11 is 7.99. The van der Waals surface area contributed by atoms with Crippen molar-refractivity contribution in [3.05, 3.63) is 57.4 Å². The fourth-order valence-electron chi connectivity index (χ4n) is 3.18. The summed E-state index contributed by atoms with van der Waals surface area (Å²) in [7, 11) is -2.00. The van der Waals surface area contributed by atoms with Gasteiger partial charge in [-0.05, 0) is 23.6 Å². The van der Waals surface area contributed by atoms with E-state index in [-0.39, 0.29) is 5.15 Å². The number of fused-ring (bicyclic) bond motifs is 1. The molecule has 6 nitrogen and oxygen atoms in total. The Bertz CT molecular complexity index is 1140. The highest BCUT2D eigenvalue weighted by atomic mass is 35.5. The summed E-state index contributed by atoms with van der Waals surface area (Å²) in [6.45, 7) is 0. The average Bonchev–Trinajstić information content (AvgIpc) is 3.29. The van der Waals surface area contributed by atoms with E-state index < -0.39 is 16.1 Å². The number of hydrazone groups is 1. The first-order valence-corrected chi connectivity index (χ1v) is 11.2. The molecule has 27 heavy (non-hydrogen) atoms. The van der Waals surface area contributed by atoms with Crippen LogP contribution in [0, 0.1) is 0 Å². The van der Waals surface area contributed by atoms with Crippen molar-refractivity contribution in [2.45, 2.75) is 12.5 Å². The topological polar surface area (TPSA) is 71.9 Å². The zero-order chi connectivity index (χ0) is 19.2. The SMILES string of the molecule is COc1cccc2cc([C@@H]3CC(c4cccs4)=NN3S(C)(=O)=O)c(Cl)nc12. The van der Waals surface area contributed by atoms with Crippen LogP contribution in [0.2, 0.25) is 5.15 Å². The average molecular weight is 422 g/mol. The maximum atomic E-state index is 12.3. The van der Waals surface area contributed by atoms with E-state index in [0.29, 0.717) is 23.3 Å². The highest BCUT2D eigenvalue weighted by molar-refractivity contribution is 7.88. The van der Waals surface area contributed by atoms with E-state index >= 15 is 0 Å². The first-order chi connectivity index (χ1) is 12.9. The molecule has 0 saturated carbocycles. The van der Waals surface area contributed by atoms with Crippen LogP contribution >= 0.6 is 22.9 Å². The molecule has 0 N–H and O–H groups in total. The van der Waals surface area contributed by atoms with Gasteiger partial charge in [0, 0.05) is 17.4 Å². The lowest BCUT2D eigenvalue weighted by molar-refractivity contribution is 0.374. The molecule has 2 aromatic heterocycles. The summed E-state index contributed by atoms with van der Waals surface area (Å²) in [5.41, 5.74) is 1.98. The zero-order valence-corrected chi connectivity index (χ0v) is 17.0. The van der Waals surface area contributed by atoms with Crippen LogP contribution in [0.3, 0.4) is 0 Å².